The van der Waals surface area contributed by atoms with Gasteiger partial charge in [-0.05, 0) is 61.5 Å². The number of anilines is 3. The van der Waals surface area contributed by atoms with Gasteiger partial charge in [0.25, 0.3) is 17.7 Å². The second kappa shape index (κ2) is 10.2. The second-order valence-corrected chi connectivity index (χ2v) is 7.81. The van der Waals surface area contributed by atoms with E-state index in [9.17, 15) is 19.2 Å². The Balaban J connectivity index is 1.47. The zero-order valence-electron chi connectivity index (χ0n) is 18.6. The molecule has 3 amide bonds. The summed E-state index contributed by atoms with van der Waals surface area (Å²) in [5.74, 6) is -2.08. The van der Waals surface area contributed by atoms with Crippen LogP contribution in [0.15, 0.2) is 89.6 Å². The van der Waals surface area contributed by atoms with Crippen molar-refractivity contribution in [1.29, 1.82) is 0 Å². The number of carbonyl (C=O) groups excluding carboxylic acids is 4. The van der Waals surface area contributed by atoms with Gasteiger partial charge in [0.1, 0.15) is 10.7 Å². The molecule has 4 rings (SSSR count). The number of hydrogen-bond donors (Lipinski definition) is 2. The molecule has 3 aromatic carbocycles. The lowest BCUT2D eigenvalue weighted by atomic mass is 10.1. The van der Waals surface area contributed by atoms with Crippen molar-refractivity contribution in [2.24, 2.45) is 0 Å². The van der Waals surface area contributed by atoms with Gasteiger partial charge in [-0.15, -0.1) is 0 Å². The molecular weight excluding hydrogens is 470 g/mol. The van der Waals surface area contributed by atoms with Gasteiger partial charge in [0.05, 0.1) is 17.9 Å². The highest BCUT2D eigenvalue weighted by molar-refractivity contribution is 6.53. The van der Waals surface area contributed by atoms with Crippen LogP contribution in [0, 0.1) is 0 Å². The van der Waals surface area contributed by atoms with Crippen molar-refractivity contribution >= 4 is 52.4 Å². The van der Waals surface area contributed by atoms with Crippen molar-refractivity contribution in [3.8, 4) is 0 Å². The average Bonchev–Trinajstić information content (AvgIpc) is 3.08. The Morgan fingerprint density at radius 3 is 2.26 bits per heavy atom. The fraction of sp³-hybridized carbons (Fsp3) is 0.0769. The summed E-state index contributed by atoms with van der Waals surface area (Å²) in [5.41, 5.74) is 1.90. The lowest BCUT2D eigenvalue weighted by Crippen LogP contribution is -2.32. The molecule has 1 heterocycles. The summed E-state index contributed by atoms with van der Waals surface area (Å²) in [6, 6.07) is 21.2. The number of para-hydroxylation sites is 1. The van der Waals surface area contributed by atoms with Crippen molar-refractivity contribution in [1.82, 2.24) is 0 Å². The third kappa shape index (κ3) is 5.07. The van der Waals surface area contributed by atoms with Crippen LogP contribution in [0.4, 0.5) is 17.1 Å². The molecule has 0 saturated heterocycles. The number of amides is 3. The van der Waals surface area contributed by atoms with E-state index in [4.69, 9.17) is 16.3 Å². The van der Waals surface area contributed by atoms with Gasteiger partial charge in [0.15, 0.2) is 0 Å². The van der Waals surface area contributed by atoms with Gasteiger partial charge in [0, 0.05) is 16.9 Å². The third-order valence-electron chi connectivity index (χ3n) is 5.09. The number of carbonyl (C=O) groups is 4. The molecule has 8 nitrogen and oxygen atoms in total. The van der Waals surface area contributed by atoms with Gasteiger partial charge in [0.2, 0.25) is 0 Å². The second-order valence-electron chi connectivity index (χ2n) is 7.43. The van der Waals surface area contributed by atoms with Crippen molar-refractivity contribution < 1.29 is 23.9 Å². The number of benzene rings is 3. The summed E-state index contributed by atoms with van der Waals surface area (Å²) >= 11 is 6.18. The first-order chi connectivity index (χ1) is 16.9. The molecule has 2 N–H and O–H groups in total. The van der Waals surface area contributed by atoms with Gasteiger partial charge >= 0.3 is 5.97 Å². The molecule has 0 radical (unpaired) electrons. The molecule has 0 spiro atoms. The first kappa shape index (κ1) is 23.7. The van der Waals surface area contributed by atoms with Gasteiger partial charge in [-0.25, -0.2) is 9.69 Å². The summed E-state index contributed by atoms with van der Waals surface area (Å²) in [5, 5.41) is 5.37. The number of nitrogens with zero attached hydrogens (tertiary/aromatic N) is 1. The maximum Gasteiger partial charge on any atom is 0.338 e. The largest absolute Gasteiger partial charge is 0.462 e. The van der Waals surface area contributed by atoms with Crippen LogP contribution < -0.4 is 15.5 Å². The Bertz CT molecular complexity index is 1340. The van der Waals surface area contributed by atoms with Gasteiger partial charge < -0.3 is 15.4 Å². The minimum atomic E-state index is -0.634. The SMILES string of the molecule is CCOC(=O)c1ccc(NC(=O)c2cccc(NC3=C(Cl)C(=O)N(c4ccccc4)C3=O)c2)cc1. The minimum Gasteiger partial charge on any atom is -0.462 e. The zero-order chi connectivity index (χ0) is 24.9. The number of nitrogens with one attached hydrogen (secondary N) is 2. The summed E-state index contributed by atoms with van der Waals surface area (Å²) in [7, 11) is 0. The van der Waals surface area contributed by atoms with E-state index >= 15 is 0 Å². The molecule has 9 heteroatoms. The molecule has 0 bridgehead atoms. The van der Waals surface area contributed by atoms with E-state index in [0.717, 1.165) is 4.90 Å². The maximum atomic E-state index is 12.9. The number of halogens is 1. The Morgan fingerprint density at radius 1 is 0.857 bits per heavy atom. The van der Waals surface area contributed by atoms with Crippen molar-refractivity contribution in [3.05, 3.63) is 101 Å². The standard InChI is InChI=1S/C26H20ClN3O5/c1-2-35-26(34)16-11-13-18(14-12-16)29-23(31)17-7-6-8-19(15-17)28-22-21(27)24(32)30(25(22)33)20-9-4-3-5-10-20/h3-15,28H,2H2,1H3,(H,29,31). The lowest BCUT2D eigenvalue weighted by Gasteiger charge is -2.15. The topological polar surface area (TPSA) is 105 Å². The first-order valence-electron chi connectivity index (χ1n) is 10.7. The van der Waals surface area contributed by atoms with E-state index in [1.165, 1.54) is 6.07 Å². The molecule has 0 atom stereocenters. The fourth-order valence-electron chi connectivity index (χ4n) is 3.41. The first-order valence-corrected chi connectivity index (χ1v) is 11.1. The Kier molecular flexibility index (Phi) is 6.93. The minimum absolute atomic E-state index is 0.0763. The number of hydrogen-bond acceptors (Lipinski definition) is 6. The highest BCUT2D eigenvalue weighted by Gasteiger charge is 2.38. The molecule has 0 aliphatic carbocycles. The molecule has 0 fully saturated rings. The van der Waals surface area contributed by atoms with E-state index in [0.29, 0.717) is 28.2 Å². The van der Waals surface area contributed by atoms with E-state index in [-0.39, 0.29) is 17.3 Å². The van der Waals surface area contributed by atoms with E-state index in [1.807, 2.05) is 0 Å². The molecule has 176 valence electrons. The number of ether oxygens (including phenoxy) is 1. The summed E-state index contributed by atoms with van der Waals surface area (Å²) in [4.78, 5) is 51.0. The summed E-state index contributed by atoms with van der Waals surface area (Å²) in [6.45, 7) is 1.99. The normalized spacial score (nSPS) is 13.1. The van der Waals surface area contributed by atoms with Crippen molar-refractivity contribution in [2.45, 2.75) is 6.92 Å². The average molecular weight is 490 g/mol. The number of imide groups is 1. The highest BCUT2D eigenvalue weighted by atomic mass is 35.5. The summed E-state index contributed by atoms with van der Waals surface area (Å²) < 4.78 is 4.95. The third-order valence-corrected chi connectivity index (χ3v) is 5.44. The Hall–Kier alpha value is -4.43. The van der Waals surface area contributed by atoms with Crippen LogP contribution in [0.5, 0.6) is 0 Å². The Morgan fingerprint density at radius 2 is 1.57 bits per heavy atom. The van der Waals surface area contributed by atoms with E-state index in [1.54, 1.807) is 79.7 Å². The summed E-state index contributed by atoms with van der Waals surface area (Å²) in [6.07, 6.45) is 0. The molecule has 1 aliphatic heterocycles. The van der Waals surface area contributed by atoms with Crippen LogP contribution in [-0.2, 0) is 14.3 Å². The van der Waals surface area contributed by atoms with Crippen LogP contribution in [0.25, 0.3) is 0 Å². The molecule has 0 saturated carbocycles. The molecule has 0 aromatic heterocycles. The van der Waals surface area contributed by atoms with Gasteiger partial charge in [-0.2, -0.15) is 0 Å². The van der Waals surface area contributed by atoms with Crippen molar-refractivity contribution in [3.63, 3.8) is 0 Å². The maximum absolute atomic E-state index is 12.9. The Labute approximate surface area is 206 Å². The van der Waals surface area contributed by atoms with E-state index in [2.05, 4.69) is 10.6 Å². The van der Waals surface area contributed by atoms with Crippen LogP contribution in [0.1, 0.15) is 27.6 Å². The van der Waals surface area contributed by atoms with Crippen molar-refractivity contribution in [2.75, 3.05) is 22.1 Å². The van der Waals surface area contributed by atoms with Gasteiger partial charge in [-0.3, -0.25) is 14.4 Å². The molecule has 0 unspecified atom stereocenters. The smallest absolute Gasteiger partial charge is 0.338 e. The van der Waals surface area contributed by atoms with Crippen LogP contribution in [-0.4, -0.2) is 30.3 Å². The van der Waals surface area contributed by atoms with Crippen LogP contribution in [0.3, 0.4) is 0 Å². The van der Waals surface area contributed by atoms with Gasteiger partial charge in [-0.1, -0.05) is 35.9 Å². The molecule has 3 aromatic rings. The van der Waals surface area contributed by atoms with Crippen LogP contribution >= 0.6 is 11.6 Å². The zero-order valence-corrected chi connectivity index (χ0v) is 19.3. The quantitative estimate of drug-likeness (QED) is 0.372. The van der Waals surface area contributed by atoms with E-state index < -0.39 is 23.7 Å². The molecule has 35 heavy (non-hydrogen) atoms. The van der Waals surface area contributed by atoms with Crippen LogP contribution in [0.2, 0.25) is 0 Å². The number of esters is 1. The lowest BCUT2D eigenvalue weighted by molar-refractivity contribution is -0.120. The fourth-order valence-corrected chi connectivity index (χ4v) is 3.63. The molecule has 1 aliphatic rings. The molecular formula is C26H20ClN3O5. The predicted octanol–water partition coefficient (Wildman–Crippen LogP) is 4.55. The monoisotopic (exact) mass is 489 g/mol. The highest BCUT2D eigenvalue weighted by Crippen LogP contribution is 2.30. The number of rotatable bonds is 7. The predicted molar refractivity (Wildman–Crippen MR) is 132 cm³/mol.